The van der Waals surface area contributed by atoms with Gasteiger partial charge < -0.3 is 19.2 Å². The summed E-state index contributed by atoms with van der Waals surface area (Å²) >= 11 is 5.93. The minimum Gasteiger partial charge on any atom is -0.495 e. The molecule has 1 aromatic heterocycles. The van der Waals surface area contributed by atoms with E-state index >= 15 is 0 Å². The van der Waals surface area contributed by atoms with Gasteiger partial charge in [-0.15, -0.1) is 0 Å². The van der Waals surface area contributed by atoms with Crippen LogP contribution in [0.5, 0.6) is 11.5 Å². The number of methoxy groups -OCH3 is 1. The van der Waals surface area contributed by atoms with Gasteiger partial charge in [-0.25, -0.2) is 8.42 Å². The molecule has 3 aromatic rings. The van der Waals surface area contributed by atoms with Crippen LogP contribution in [0.1, 0.15) is 28.8 Å². The minimum absolute atomic E-state index is 0.0224. The van der Waals surface area contributed by atoms with Gasteiger partial charge in [0.15, 0.2) is 15.6 Å². The number of hydrogen-bond acceptors (Lipinski definition) is 6. The first kappa shape index (κ1) is 22.7. The fraction of sp³-hybridized carbons (Fsp3) is 0.227. The molecule has 0 bridgehead atoms. The maximum Gasteiger partial charge on any atom is 0.287 e. The normalized spacial score (nSPS) is 11.2. The van der Waals surface area contributed by atoms with Gasteiger partial charge in [0.05, 0.1) is 13.7 Å². The molecule has 0 unspecified atom stereocenters. The van der Waals surface area contributed by atoms with E-state index in [1.165, 1.54) is 31.4 Å². The van der Waals surface area contributed by atoms with Gasteiger partial charge in [0.1, 0.15) is 27.9 Å². The molecule has 0 saturated heterocycles. The van der Waals surface area contributed by atoms with Crippen LogP contribution in [0.15, 0.2) is 63.9 Å². The summed E-state index contributed by atoms with van der Waals surface area (Å²) in [7, 11) is -2.42. The summed E-state index contributed by atoms with van der Waals surface area (Å²) in [6, 6.07) is 14.6. The molecule has 1 heterocycles. The number of nitrogens with one attached hydrogen (secondary N) is 1. The highest BCUT2D eigenvalue weighted by Crippen LogP contribution is 2.30. The van der Waals surface area contributed by atoms with Crippen molar-refractivity contribution < 1.29 is 27.1 Å². The number of amides is 1. The van der Waals surface area contributed by atoms with Crippen LogP contribution in [-0.2, 0) is 22.1 Å². The predicted octanol–water partition coefficient (Wildman–Crippen LogP) is 4.24. The van der Waals surface area contributed by atoms with E-state index < -0.39 is 21.5 Å². The van der Waals surface area contributed by atoms with Crippen LogP contribution in [0, 0.1) is 0 Å². The zero-order valence-corrected chi connectivity index (χ0v) is 18.6. The summed E-state index contributed by atoms with van der Waals surface area (Å²) in [6.07, 6.45) is 0. The van der Waals surface area contributed by atoms with E-state index in [9.17, 15) is 13.2 Å². The second-order valence-corrected chi connectivity index (χ2v) is 8.97. The Morgan fingerprint density at radius 3 is 2.52 bits per heavy atom. The number of rotatable bonds is 9. The average molecular weight is 464 g/mol. The highest BCUT2D eigenvalue weighted by atomic mass is 35.5. The van der Waals surface area contributed by atoms with Crippen molar-refractivity contribution in [3.05, 3.63) is 76.7 Å². The highest BCUT2D eigenvalue weighted by molar-refractivity contribution is 7.90. The molecule has 0 spiro atoms. The lowest BCUT2D eigenvalue weighted by atomic mass is 10.2. The number of sulfone groups is 1. The van der Waals surface area contributed by atoms with Gasteiger partial charge in [0.25, 0.3) is 5.91 Å². The molecular formula is C22H22ClNO6S. The van der Waals surface area contributed by atoms with Crippen molar-refractivity contribution in [2.45, 2.75) is 24.1 Å². The van der Waals surface area contributed by atoms with Gasteiger partial charge in [-0.1, -0.05) is 23.7 Å². The van der Waals surface area contributed by atoms with Crippen molar-refractivity contribution >= 4 is 27.3 Å². The van der Waals surface area contributed by atoms with Crippen molar-refractivity contribution in [2.75, 3.05) is 13.7 Å². The Balaban J connectivity index is 1.65. The fourth-order valence-corrected chi connectivity index (χ4v) is 4.56. The van der Waals surface area contributed by atoms with Crippen LogP contribution in [0.3, 0.4) is 0 Å². The van der Waals surface area contributed by atoms with Crippen LogP contribution < -0.4 is 14.8 Å². The van der Waals surface area contributed by atoms with Crippen LogP contribution in [0.4, 0.5) is 0 Å². The van der Waals surface area contributed by atoms with Gasteiger partial charge in [-0.3, -0.25) is 4.79 Å². The summed E-state index contributed by atoms with van der Waals surface area (Å²) in [5.41, 5.74) is 0.888. The van der Waals surface area contributed by atoms with Gasteiger partial charge in [-0.05, 0) is 55.0 Å². The van der Waals surface area contributed by atoms with Gasteiger partial charge >= 0.3 is 0 Å². The Morgan fingerprint density at radius 2 is 1.84 bits per heavy atom. The number of hydrogen-bond donors (Lipinski definition) is 1. The summed E-state index contributed by atoms with van der Waals surface area (Å²) in [5, 5.41) is 3.01. The minimum atomic E-state index is -3.80. The van der Waals surface area contributed by atoms with Crippen molar-refractivity contribution in [2.24, 2.45) is 0 Å². The van der Waals surface area contributed by atoms with E-state index in [2.05, 4.69) is 5.32 Å². The number of benzene rings is 2. The summed E-state index contributed by atoms with van der Waals surface area (Å²) in [4.78, 5) is 12.3. The van der Waals surface area contributed by atoms with Gasteiger partial charge in [-0.2, -0.15) is 0 Å². The molecule has 0 aliphatic rings. The monoisotopic (exact) mass is 463 g/mol. The summed E-state index contributed by atoms with van der Waals surface area (Å²) in [5.74, 6) is 0.214. The number of carbonyl (C=O) groups is 1. The molecule has 1 N–H and O–H groups in total. The third-order valence-corrected chi connectivity index (χ3v) is 6.25. The molecule has 0 saturated carbocycles. The van der Waals surface area contributed by atoms with Crippen LogP contribution in [0.25, 0.3) is 0 Å². The Hall–Kier alpha value is -2.97. The van der Waals surface area contributed by atoms with Gasteiger partial charge in [0.2, 0.25) is 0 Å². The topological polar surface area (TPSA) is 94.8 Å². The molecule has 9 heteroatoms. The van der Waals surface area contributed by atoms with E-state index in [4.69, 9.17) is 25.5 Å². The summed E-state index contributed by atoms with van der Waals surface area (Å²) in [6.45, 7) is 2.78. The van der Waals surface area contributed by atoms with E-state index in [0.717, 1.165) is 11.3 Å². The quantitative estimate of drug-likeness (QED) is 0.510. The molecule has 0 aliphatic heterocycles. The zero-order chi connectivity index (χ0) is 22.4. The van der Waals surface area contributed by atoms with Crippen LogP contribution in [-0.4, -0.2) is 28.0 Å². The van der Waals surface area contributed by atoms with Gasteiger partial charge in [0, 0.05) is 11.6 Å². The SMILES string of the molecule is CCOc1ccc(CNC(=O)c2ccc(CS(=O)(=O)c3cc(Cl)ccc3OC)o2)cc1. The van der Waals surface area contributed by atoms with E-state index in [1.54, 1.807) is 6.07 Å². The third kappa shape index (κ3) is 5.80. The molecule has 1 amide bonds. The molecule has 0 atom stereocenters. The second kappa shape index (κ2) is 9.89. The Bertz CT molecular complexity index is 1150. The smallest absolute Gasteiger partial charge is 0.287 e. The second-order valence-electron chi connectivity index (χ2n) is 6.58. The largest absolute Gasteiger partial charge is 0.495 e. The molecule has 3 rings (SSSR count). The first-order valence-corrected chi connectivity index (χ1v) is 11.5. The van der Waals surface area contributed by atoms with E-state index in [1.807, 2.05) is 31.2 Å². The van der Waals surface area contributed by atoms with Crippen molar-refractivity contribution in [3.63, 3.8) is 0 Å². The molecule has 7 nitrogen and oxygen atoms in total. The standard InChI is InChI=1S/C22H22ClNO6S/c1-3-29-17-7-4-15(5-8-17)13-24-22(25)20-11-9-18(30-20)14-31(26,27)21-12-16(23)6-10-19(21)28-2/h4-12H,3,13-14H2,1-2H3,(H,24,25). The lowest BCUT2D eigenvalue weighted by Gasteiger charge is -2.09. The van der Waals surface area contributed by atoms with E-state index in [0.29, 0.717) is 13.2 Å². The van der Waals surface area contributed by atoms with Crippen LogP contribution in [0.2, 0.25) is 5.02 Å². The lowest BCUT2D eigenvalue weighted by molar-refractivity contribution is 0.0921. The third-order valence-electron chi connectivity index (χ3n) is 4.37. The Morgan fingerprint density at radius 1 is 1.10 bits per heavy atom. The molecule has 0 radical (unpaired) electrons. The molecule has 164 valence electrons. The Labute approximate surface area is 185 Å². The number of furan rings is 1. The zero-order valence-electron chi connectivity index (χ0n) is 17.1. The van der Waals surface area contributed by atoms with Crippen molar-refractivity contribution in [1.29, 1.82) is 0 Å². The summed E-state index contributed by atoms with van der Waals surface area (Å²) < 4.78 is 41.5. The molecular weight excluding hydrogens is 442 g/mol. The Kier molecular flexibility index (Phi) is 7.25. The molecule has 0 fully saturated rings. The average Bonchev–Trinajstić information content (AvgIpc) is 3.21. The van der Waals surface area contributed by atoms with Crippen LogP contribution >= 0.6 is 11.6 Å². The first-order chi connectivity index (χ1) is 14.8. The number of ether oxygens (including phenoxy) is 2. The lowest BCUT2D eigenvalue weighted by Crippen LogP contribution is -2.22. The maximum absolute atomic E-state index is 12.8. The highest BCUT2D eigenvalue weighted by Gasteiger charge is 2.23. The van der Waals surface area contributed by atoms with Crippen molar-refractivity contribution in [1.82, 2.24) is 5.32 Å². The molecule has 0 aliphatic carbocycles. The first-order valence-electron chi connectivity index (χ1n) is 9.47. The maximum atomic E-state index is 12.8. The molecule has 2 aromatic carbocycles. The number of halogens is 1. The number of carbonyl (C=O) groups excluding carboxylic acids is 1. The van der Waals surface area contributed by atoms with E-state index in [-0.39, 0.29) is 27.2 Å². The van der Waals surface area contributed by atoms with Crippen molar-refractivity contribution in [3.8, 4) is 11.5 Å². The fourth-order valence-electron chi connectivity index (χ4n) is 2.88. The molecule has 31 heavy (non-hydrogen) atoms. The predicted molar refractivity (Wildman–Crippen MR) is 116 cm³/mol.